The van der Waals surface area contributed by atoms with Gasteiger partial charge in [-0.3, -0.25) is 4.79 Å². The first kappa shape index (κ1) is 16.2. The normalized spacial score (nSPS) is 11.9. The highest BCUT2D eigenvalue weighted by molar-refractivity contribution is 6.00. The van der Waals surface area contributed by atoms with Crippen LogP contribution in [0, 0.1) is 0 Å². The van der Waals surface area contributed by atoms with Crippen LogP contribution in [0.3, 0.4) is 0 Å². The zero-order chi connectivity index (χ0) is 15.8. The van der Waals surface area contributed by atoms with Crippen molar-refractivity contribution in [2.45, 2.75) is 25.8 Å². The van der Waals surface area contributed by atoms with Gasteiger partial charge in [0.05, 0.1) is 13.2 Å². The molecule has 0 aliphatic carbocycles. The average molecular weight is 297 g/mol. The fourth-order valence-electron chi connectivity index (χ4n) is 2.35. The predicted molar refractivity (Wildman–Crippen MR) is 89.4 cm³/mol. The second kappa shape index (κ2) is 8.35. The number of carbonyl (C=O) groups excluding carboxylic acids is 1. The van der Waals surface area contributed by atoms with Gasteiger partial charge < -0.3 is 10.1 Å². The zero-order valence-electron chi connectivity index (χ0n) is 13.2. The van der Waals surface area contributed by atoms with E-state index in [9.17, 15) is 4.79 Å². The molecule has 0 saturated carbocycles. The fourth-order valence-corrected chi connectivity index (χ4v) is 2.35. The van der Waals surface area contributed by atoms with Gasteiger partial charge in [-0.25, -0.2) is 0 Å². The molecule has 0 fully saturated rings. The molecule has 1 atom stereocenters. The van der Waals surface area contributed by atoms with Crippen LogP contribution in [0.1, 0.15) is 41.7 Å². The molecule has 3 nitrogen and oxygen atoms in total. The number of hydrogen-bond acceptors (Lipinski definition) is 3. The van der Waals surface area contributed by atoms with Gasteiger partial charge in [0.1, 0.15) is 5.75 Å². The molecule has 0 aliphatic rings. The maximum atomic E-state index is 12.8. The van der Waals surface area contributed by atoms with Crippen molar-refractivity contribution in [1.29, 1.82) is 0 Å². The molecule has 2 aromatic rings. The van der Waals surface area contributed by atoms with Crippen molar-refractivity contribution in [2.75, 3.05) is 13.7 Å². The molecule has 22 heavy (non-hydrogen) atoms. The number of Topliss-reactive ketones (excluding diaryl/α,β-unsaturated/α-hetero) is 1. The molecule has 2 rings (SSSR count). The molecule has 116 valence electrons. The third kappa shape index (κ3) is 4.18. The molecular weight excluding hydrogens is 274 g/mol. The van der Waals surface area contributed by atoms with E-state index < -0.39 is 0 Å². The van der Waals surface area contributed by atoms with Crippen LogP contribution in [0.15, 0.2) is 54.6 Å². The second-order valence-electron chi connectivity index (χ2n) is 5.24. The Hall–Kier alpha value is -2.13. The van der Waals surface area contributed by atoms with E-state index in [4.69, 9.17) is 4.74 Å². The van der Waals surface area contributed by atoms with E-state index in [0.29, 0.717) is 5.56 Å². The summed E-state index contributed by atoms with van der Waals surface area (Å²) in [5.41, 5.74) is 1.69. The largest absolute Gasteiger partial charge is 0.497 e. The maximum Gasteiger partial charge on any atom is 0.184 e. The van der Waals surface area contributed by atoms with Crippen LogP contribution in [0.25, 0.3) is 0 Å². The monoisotopic (exact) mass is 297 g/mol. The number of unbranched alkanes of at least 4 members (excludes halogenated alkanes) is 1. The Labute approximate surface area is 132 Å². The Balaban J connectivity index is 2.20. The first-order valence-electron chi connectivity index (χ1n) is 7.73. The Kier molecular flexibility index (Phi) is 6.16. The first-order chi connectivity index (χ1) is 10.8. The Morgan fingerprint density at radius 1 is 1.09 bits per heavy atom. The highest BCUT2D eigenvalue weighted by atomic mass is 16.5. The molecule has 0 unspecified atom stereocenters. The van der Waals surface area contributed by atoms with Crippen molar-refractivity contribution >= 4 is 5.78 Å². The fraction of sp³-hybridized carbons (Fsp3) is 0.316. The zero-order valence-corrected chi connectivity index (χ0v) is 13.2. The van der Waals surface area contributed by atoms with Gasteiger partial charge in [-0.15, -0.1) is 0 Å². The molecule has 1 N–H and O–H groups in total. The number of ketones is 1. The van der Waals surface area contributed by atoms with Crippen LogP contribution in [0.2, 0.25) is 0 Å². The van der Waals surface area contributed by atoms with Crippen LogP contribution in [0.5, 0.6) is 5.75 Å². The smallest absolute Gasteiger partial charge is 0.184 e. The highest BCUT2D eigenvalue weighted by Gasteiger charge is 2.21. The van der Waals surface area contributed by atoms with Crippen molar-refractivity contribution in [2.24, 2.45) is 0 Å². The summed E-state index contributed by atoms with van der Waals surface area (Å²) in [4.78, 5) is 12.8. The minimum atomic E-state index is -0.304. The minimum Gasteiger partial charge on any atom is -0.497 e. The minimum absolute atomic E-state index is 0.0879. The van der Waals surface area contributed by atoms with Gasteiger partial charge in [-0.05, 0) is 42.8 Å². The summed E-state index contributed by atoms with van der Waals surface area (Å²) in [5.74, 6) is 0.844. The van der Waals surface area contributed by atoms with E-state index in [-0.39, 0.29) is 11.8 Å². The summed E-state index contributed by atoms with van der Waals surface area (Å²) in [6.45, 7) is 2.97. The van der Waals surface area contributed by atoms with Gasteiger partial charge in [-0.1, -0.05) is 43.7 Å². The Morgan fingerprint density at radius 2 is 1.77 bits per heavy atom. The van der Waals surface area contributed by atoms with E-state index >= 15 is 0 Å². The number of methoxy groups -OCH3 is 1. The van der Waals surface area contributed by atoms with Crippen molar-refractivity contribution in [3.05, 3.63) is 65.7 Å². The van der Waals surface area contributed by atoms with Gasteiger partial charge in [0.25, 0.3) is 0 Å². The predicted octanol–water partition coefficient (Wildman–Crippen LogP) is 4.01. The molecule has 3 heteroatoms. The molecule has 0 heterocycles. The highest BCUT2D eigenvalue weighted by Crippen LogP contribution is 2.20. The Morgan fingerprint density at radius 3 is 2.36 bits per heavy atom. The van der Waals surface area contributed by atoms with Gasteiger partial charge in [0.15, 0.2) is 5.78 Å². The lowest BCUT2D eigenvalue weighted by Crippen LogP contribution is -2.29. The molecule has 0 amide bonds. The van der Waals surface area contributed by atoms with Crippen molar-refractivity contribution in [3.63, 3.8) is 0 Å². The summed E-state index contributed by atoms with van der Waals surface area (Å²) < 4.78 is 5.15. The first-order valence-corrected chi connectivity index (χ1v) is 7.73. The number of nitrogens with one attached hydrogen (secondary N) is 1. The van der Waals surface area contributed by atoms with Crippen LogP contribution in [-0.4, -0.2) is 19.4 Å². The molecule has 0 saturated heterocycles. The maximum absolute atomic E-state index is 12.8. The molecule has 0 bridgehead atoms. The number of rotatable bonds is 8. The third-order valence-corrected chi connectivity index (χ3v) is 3.65. The molecule has 0 aromatic heterocycles. The number of hydrogen-bond donors (Lipinski definition) is 1. The van der Waals surface area contributed by atoms with Crippen molar-refractivity contribution < 1.29 is 9.53 Å². The summed E-state index contributed by atoms with van der Waals surface area (Å²) >= 11 is 0. The lowest BCUT2D eigenvalue weighted by atomic mass is 9.97. The van der Waals surface area contributed by atoms with Crippen LogP contribution >= 0.6 is 0 Å². The SMILES string of the molecule is CCCCN[C@@H](C(=O)c1ccc(OC)cc1)c1ccccc1. The van der Waals surface area contributed by atoms with Gasteiger partial charge >= 0.3 is 0 Å². The summed E-state index contributed by atoms with van der Waals surface area (Å²) in [6, 6.07) is 16.8. The van der Waals surface area contributed by atoms with Crippen LogP contribution < -0.4 is 10.1 Å². The quantitative estimate of drug-likeness (QED) is 0.591. The third-order valence-electron chi connectivity index (χ3n) is 3.65. The van der Waals surface area contributed by atoms with Crippen molar-refractivity contribution in [1.82, 2.24) is 5.32 Å². The number of carbonyl (C=O) groups is 1. The summed E-state index contributed by atoms with van der Waals surface area (Å²) in [6.07, 6.45) is 2.16. The molecule has 0 aliphatic heterocycles. The van der Waals surface area contributed by atoms with Crippen molar-refractivity contribution in [3.8, 4) is 5.75 Å². The molecule has 0 radical (unpaired) electrons. The molecule has 2 aromatic carbocycles. The number of benzene rings is 2. The lowest BCUT2D eigenvalue weighted by molar-refractivity contribution is 0.0943. The second-order valence-corrected chi connectivity index (χ2v) is 5.24. The average Bonchev–Trinajstić information content (AvgIpc) is 2.59. The van der Waals surface area contributed by atoms with E-state index in [1.807, 2.05) is 54.6 Å². The van der Waals surface area contributed by atoms with Crippen LogP contribution in [-0.2, 0) is 0 Å². The topological polar surface area (TPSA) is 38.3 Å². The van der Waals surface area contributed by atoms with E-state index in [1.54, 1.807) is 7.11 Å². The van der Waals surface area contributed by atoms with Gasteiger partial charge in [-0.2, -0.15) is 0 Å². The van der Waals surface area contributed by atoms with E-state index in [1.165, 1.54) is 0 Å². The van der Waals surface area contributed by atoms with Crippen LogP contribution in [0.4, 0.5) is 0 Å². The van der Waals surface area contributed by atoms with E-state index in [0.717, 1.165) is 30.7 Å². The number of ether oxygens (including phenoxy) is 1. The lowest BCUT2D eigenvalue weighted by Gasteiger charge is -2.18. The molecular formula is C19H23NO2. The van der Waals surface area contributed by atoms with Gasteiger partial charge in [0, 0.05) is 5.56 Å². The molecule has 0 spiro atoms. The summed E-state index contributed by atoms with van der Waals surface area (Å²) in [7, 11) is 1.62. The standard InChI is InChI=1S/C19H23NO2/c1-3-4-14-20-18(15-8-6-5-7-9-15)19(21)16-10-12-17(22-2)13-11-16/h5-13,18,20H,3-4,14H2,1-2H3/t18-/m1/s1. The van der Waals surface area contributed by atoms with Gasteiger partial charge in [0.2, 0.25) is 0 Å². The Bertz CT molecular complexity index is 578. The van der Waals surface area contributed by atoms with E-state index in [2.05, 4.69) is 12.2 Å². The summed E-state index contributed by atoms with van der Waals surface area (Å²) in [5, 5.41) is 3.38.